The van der Waals surface area contributed by atoms with Crippen molar-refractivity contribution < 1.29 is 14.0 Å². The van der Waals surface area contributed by atoms with E-state index in [1.165, 1.54) is 29.5 Å². The van der Waals surface area contributed by atoms with Crippen LogP contribution in [0.3, 0.4) is 0 Å². The molecule has 1 aliphatic heterocycles. The predicted molar refractivity (Wildman–Crippen MR) is 133 cm³/mol. The second kappa shape index (κ2) is 10.5. The maximum atomic E-state index is 14.6. The van der Waals surface area contributed by atoms with Gasteiger partial charge in [0, 0.05) is 72.1 Å². The van der Waals surface area contributed by atoms with Crippen LogP contribution in [0.2, 0.25) is 0 Å². The molecule has 0 spiro atoms. The Balaban J connectivity index is 1.54. The molecule has 1 aromatic carbocycles. The number of ketones is 2. The molecule has 8 heteroatoms. The van der Waals surface area contributed by atoms with Crippen LogP contribution in [-0.2, 0) is 6.42 Å². The van der Waals surface area contributed by atoms with E-state index in [9.17, 15) is 14.0 Å². The molecule has 1 saturated heterocycles. The molecule has 34 heavy (non-hydrogen) atoms. The van der Waals surface area contributed by atoms with Crippen molar-refractivity contribution in [2.75, 3.05) is 18.0 Å². The zero-order chi connectivity index (χ0) is 24.2. The molecule has 1 fully saturated rings. The van der Waals surface area contributed by atoms with Crippen LogP contribution in [0.25, 0.3) is 10.6 Å². The fourth-order valence-electron chi connectivity index (χ4n) is 4.23. The first-order valence-corrected chi connectivity index (χ1v) is 12.4. The molecule has 0 amide bonds. The fraction of sp³-hybridized carbons (Fsp3) is 0.385. The Morgan fingerprint density at radius 3 is 2.85 bits per heavy atom. The zero-order valence-corrected chi connectivity index (χ0v) is 20.3. The summed E-state index contributed by atoms with van der Waals surface area (Å²) >= 11 is 1.20. The summed E-state index contributed by atoms with van der Waals surface area (Å²) in [5, 5.41) is 2.03. The lowest BCUT2D eigenvalue weighted by atomic mass is 9.99. The van der Waals surface area contributed by atoms with E-state index in [0.29, 0.717) is 17.0 Å². The molecule has 3 heterocycles. The van der Waals surface area contributed by atoms with Gasteiger partial charge in [-0.1, -0.05) is 13.8 Å². The summed E-state index contributed by atoms with van der Waals surface area (Å²) in [5.41, 5.74) is 8.91. The summed E-state index contributed by atoms with van der Waals surface area (Å²) in [6, 6.07) is 6.36. The van der Waals surface area contributed by atoms with Gasteiger partial charge in [-0.05, 0) is 43.0 Å². The summed E-state index contributed by atoms with van der Waals surface area (Å²) in [4.78, 5) is 36.3. The summed E-state index contributed by atoms with van der Waals surface area (Å²) in [6.45, 7) is 5.57. The number of piperidine rings is 1. The second-order valence-corrected chi connectivity index (χ2v) is 10.1. The van der Waals surface area contributed by atoms with Crippen LogP contribution in [0.15, 0.2) is 42.0 Å². The highest BCUT2D eigenvalue weighted by Crippen LogP contribution is 2.29. The van der Waals surface area contributed by atoms with Crippen molar-refractivity contribution in [1.82, 2.24) is 9.97 Å². The van der Waals surface area contributed by atoms with E-state index < -0.39 is 5.82 Å². The van der Waals surface area contributed by atoms with Crippen LogP contribution in [-0.4, -0.2) is 40.7 Å². The van der Waals surface area contributed by atoms with Gasteiger partial charge in [0.2, 0.25) is 0 Å². The molecular formula is C26H29FN4O2S. The number of halogens is 1. The number of nitrogens with zero attached hydrogens (tertiary/aromatic N) is 3. The summed E-state index contributed by atoms with van der Waals surface area (Å²) in [7, 11) is 0. The summed E-state index contributed by atoms with van der Waals surface area (Å²) < 4.78 is 14.6. The molecular weight excluding hydrogens is 451 g/mol. The maximum Gasteiger partial charge on any atom is 0.186 e. The Labute approximate surface area is 203 Å². The van der Waals surface area contributed by atoms with Crippen molar-refractivity contribution >= 4 is 28.6 Å². The molecule has 1 aliphatic rings. The van der Waals surface area contributed by atoms with Gasteiger partial charge in [-0.2, -0.15) is 0 Å². The van der Waals surface area contributed by atoms with E-state index in [-0.39, 0.29) is 41.2 Å². The average molecular weight is 481 g/mol. The molecule has 0 aliphatic carbocycles. The molecule has 1 atom stereocenters. The van der Waals surface area contributed by atoms with Gasteiger partial charge in [0.05, 0.1) is 0 Å². The van der Waals surface area contributed by atoms with Crippen LogP contribution in [0, 0.1) is 11.7 Å². The lowest BCUT2D eigenvalue weighted by Crippen LogP contribution is -2.43. The number of aromatic nitrogens is 2. The number of thiazole rings is 1. The van der Waals surface area contributed by atoms with E-state index >= 15 is 0 Å². The third-order valence-electron chi connectivity index (χ3n) is 5.93. The van der Waals surface area contributed by atoms with Crippen molar-refractivity contribution in [2.45, 2.75) is 45.6 Å². The average Bonchev–Trinajstić information content (AvgIpc) is 3.29. The first-order chi connectivity index (χ1) is 16.3. The van der Waals surface area contributed by atoms with Crippen molar-refractivity contribution in [2.24, 2.45) is 11.7 Å². The standard InChI is InChI=1S/C26H29FN4O2S/c1-16(2)10-24(32)17-5-6-21(27)20(11-17)26-30-22(15-34-26)25(33)12-18-13-29-8-7-23(18)31-9-3-4-19(28)14-31/h5-8,11,13,15-16,19H,3-4,9-10,12,14,28H2,1-2H3/t19-/m0/s1. The Kier molecular flexibility index (Phi) is 7.48. The largest absolute Gasteiger partial charge is 0.370 e. The minimum absolute atomic E-state index is 0.0364. The van der Waals surface area contributed by atoms with E-state index in [1.54, 1.807) is 17.8 Å². The van der Waals surface area contributed by atoms with Gasteiger partial charge in [-0.15, -0.1) is 11.3 Å². The monoisotopic (exact) mass is 480 g/mol. The SMILES string of the molecule is CC(C)CC(=O)c1ccc(F)c(-c2nc(C(=O)Cc3cnccc3N3CCC[C@H](N)C3)cs2)c1. The van der Waals surface area contributed by atoms with Crippen molar-refractivity contribution in [3.8, 4) is 10.6 Å². The van der Waals surface area contributed by atoms with Crippen LogP contribution in [0.5, 0.6) is 0 Å². The van der Waals surface area contributed by atoms with E-state index in [2.05, 4.69) is 14.9 Å². The minimum atomic E-state index is -0.467. The number of nitrogens with two attached hydrogens (primary N) is 1. The quantitative estimate of drug-likeness (QED) is 0.460. The third kappa shape index (κ3) is 5.56. The number of anilines is 1. The van der Waals surface area contributed by atoms with Gasteiger partial charge in [-0.25, -0.2) is 9.37 Å². The molecule has 0 saturated carbocycles. The molecule has 3 aromatic rings. The second-order valence-electron chi connectivity index (χ2n) is 9.21. The molecule has 0 unspecified atom stereocenters. The Hall–Kier alpha value is -2.97. The van der Waals surface area contributed by atoms with Crippen LogP contribution in [0.1, 0.15) is 59.5 Å². The first kappa shape index (κ1) is 24.2. The smallest absolute Gasteiger partial charge is 0.186 e. The molecule has 4 rings (SSSR count). The number of Topliss-reactive ketones (excluding diaryl/α,β-unsaturated/α-hetero) is 2. The number of hydrogen-bond acceptors (Lipinski definition) is 7. The normalized spacial score (nSPS) is 16.1. The molecule has 2 aromatic heterocycles. The fourth-order valence-corrected chi connectivity index (χ4v) is 5.08. The molecule has 0 radical (unpaired) electrons. The number of pyridine rings is 1. The lowest BCUT2D eigenvalue weighted by molar-refractivity contribution is 0.0965. The molecule has 178 valence electrons. The highest BCUT2D eigenvalue weighted by molar-refractivity contribution is 7.13. The van der Waals surface area contributed by atoms with Crippen LogP contribution < -0.4 is 10.6 Å². The topological polar surface area (TPSA) is 89.2 Å². The zero-order valence-electron chi connectivity index (χ0n) is 19.5. The molecule has 6 nitrogen and oxygen atoms in total. The van der Waals surface area contributed by atoms with Gasteiger partial charge in [0.1, 0.15) is 16.5 Å². The van der Waals surface area contributed by atoms with Crippen molar-refractivity contribution in [3.63, 3.8) is 0 Å². The highest BCUT2D eigenvalue weighted by Gasteiger charge is 2.22. The first-order valence-electron chi connectivity index (χ1n) is 11.6. The Morgan fingerprint density at radius 1 is 1.26 bits per heavy atom. The Bertz CT molecular complexity index is 1190. The molecule has 0 bridgehead atoms. The Morgan fingerprint density at radius 2 is 2.09 bits per heavy atom. The number of carbonyl (C=O) groups is 2. The summed E-state index contributed by atoms with van der Waals surface area (Å²) in [6.07, 6.45) is 5.98. The van der Waals surface area contributed by atoms with E-state index in [0.717, 1.165) is 37.2 Å². The van der Waals surface area contributed by atoms with E-state index in [4.69, 9.17) is 5.73 Å². The number of rotatable bonds is 8. The number of carbonyl (C=O) groups excluding carboxylic acids is 2. The van der Waals surface area contributed by atoms with Gasteiger partial charge in [0.15, 0.2) is 11.6 Å². The van der Waals surface area contributed by atoms with Crippen molar-refractivity contribution in [3.05, 3.63) is 64.7 Å². The third-order valence-corrected chi connectivity index (χ3v) is 6.81. The van der Waals surface area contributed by atoms with Gasteiger partial charge in [-0.3, -0.25) is 14.6 Å². The number of benzene rings is 1. The summed E-state index contributed by atoms with van der Waals surface area (Å²) in [5.74, 6) is -0.454. The van der Waals surface area contributed by atoms with Gasteiger partial charge < -0.3 is 10.6 Å². The number of hydrogen-bond donors (Lipinski definition) is 1. The minimum Gasteiger partial charge on any atom is -0.370 e. The molecule has 2 N–H and O–H groups in total. The highest BCUT2D eigenvalue weighted by atomic mass is 32.1. The van der Waals surface area contributed by atoms with Gasteiger partial charge in [0.25, 0.3) is 0 Å². The van der Waals surface area contributed by atoms with Gasteiger partial charge >= 0.3 is 0 Å². The predicted octanol–water partition coefficient (Wildman–Crippen LogP) is 4.93. The maximum absolute atomic E-state index is 14.6. The van der Waals surface area contributed by atoms with E-state index in [1.807, 2.05) is 19.9 Å². The van der Waals surface area contributed by atoms with Crippen molar-refractivity contribution in [1.29, 1.82) is 0 Å². The van der Waals surface area contributed by atoms with Crippen LogP contribution >= 0.6 is 11.3 Å². The van der Waals surface area contributed by atoms with Crippen LogP contribution in [0.4, 0.5) is 10.1 Å². The lowest BCUT2D eigenvalue weighted by Gasteiger charge is -2.33.